The molecule has 2 rings (SSSR count). The van der Waals surface area contributed by atoms with Crippen LogP contribution in [-0.4, -0.2) is 17.5 Å². The van der Waals surface area contributed by atoms with Crippen LogP contribution < -0.4 is 10.1 Å². The molecule has 0 spiro atoms. The molecule has 0 unspecified atom stereocenters. The van der Waals surface area contributed by atoms with Gasteiger partial charge >= 0.3 is 0 Å². The van der Waals surface area contributed by atoms with Gasteiger partial charge in [0.25, 0.3) is 5.91 Å². The fourth-order valence-electron chi connectivity index (χ4n) is 1.48. The van der Waals surface area contributed by atoms with Crippen molar-refractivity contribution in [3.63, 3.8) is 0 Å². The van der Waals surface area contributed by atoms with E-state index in [2.05, 4.69) is 10.3 Å². The third kappa shape index (κ3) is 4.40. The Kier molecular flexibility index (Phi) is 5.21. The molecule has 0 aliphatic carbocycles. The predicted molar refractivity (Wildman–Crippen MR) is 78.0 cm³/mol. The first-order valence-corrected chi connectivity index (χ1v) is 6.65. The van der Waals surface area contributed by atoms with Crippen molar-refractivity contribution in [2.75, 3.05) is 6.61 Å². The summed E-state index contributed by atoms with van der Waals surface area (Å²) in [6.07, 6.45) is 1.67. The lowest BCUT2D eigenvalue weighted by molar-refractivity contribution is -0.123. The highest BCUT2D eigenvalue weighted by Crippen LogP contribution is 2.27. The SMILES string of the molecule is O=C(COc1ccc(Cl)cc1Cl)NCc1ccccn1. The molecular formula is C14H12Cl2N2O2. The minimum atomic E-state index is -0.248. The predicted octanol–water partition coefficient (Wildman–Crippen LogP) is 3.08. The molecule has 0 fully saturated rings. The van der Waals surface area contributed by atoms with E-state index in [9.17, 15) is 4.79 Å². The van der Waals surface area contributed by atoms with Crippen LogP contribution in [0.25, 0.3) is 0 Å². The summed E-state index contributed by atoms with van der Waals surface area (Å²) in [7, 11) is 0. The lowest BCUT2D eigenvalue weighted by Gasteiger charge is -2.08. The molecule has 1 aromatic carbocycles. The molecule has 6 heteroatoms. The van der Waals surface area contributed by atoms with Crippen LogP contribution in [0, 0.1) is 0 Å². The Labute approximate surface area is 126 Å². The highest BCUT2D eigenvalue weighted by molar-refractivity contribution is 6.35. The quantitative estimate of drug-likeness (QED) is 0.923. The van der Waals surface area contributed by atoms with Gasteiger partial charge in [0.2, 0.25) is 0 Å². The number of carbonyl (C=O) groups excluding carboxylic acids is 1. The van der Waals surface area contributed by atoms with Crippen molar-refractivity contribution in [3.8, 4) is 5.75 Å². The Bertz CT molecular complexity index is 591. The number of nitrogens with one attached hydrogen (secondary N) is 1. The van der Waals surface area contributed by atoms with Gasteiger partial charge < -0.3 is 10.1 Å². The van der Waals surface area contributed by atoms with Gasteiger partial charge in [-0.1, -0.05) is 29.3 Å². The molecule has 1 aromatic heterocycles. The third-order valence-corrected chi connectivity index (χ3v) is 2.98. The summed E-state index contributed by atoms with van der Waals surface area (Å²) < 4.78 is 5.32. The van der Waals surface area contributed by atoms with Crippen molar-refractivity contribution >= 4 is 29.1 Å². The Hall–Kier alpha value is -1.78. The lowest BCUT2D eigenvalue weighted by Crippen LogP contribution is -2.28. The van der Waals surface area contributed by atoms with Crippen molar-refractivity contribution in [1.29, 1.82) is 0 Å². The smallest absolute Gasteiger partial charge is 0.258 e. The molecule has 0 radical (unpaired) electrons. The molecule has 0 aliphatic rings. The number of amides is 1. The molecule has 104 valence electrons. The second-order valence-electron chi connectivity index (χ2n) is 3.96. The van der Waals surface area contributed by atoms with E-state index in [-0.39, 0.29) is 12.5 Å². The fraction of sp³-hybridized carbons (Fsp3) is 0.143. The number of aromatic nitrogens is 1. The molecule has 0 saturated carbocycles. The van der Waals surface area contributed by atoms with Gasteiger partial charge in [0.05, 0.1) is 17.3 Å². The van der Waals surface area contributed by atoms with E-state index in [1.165, 1.54) is 0 Å². The molecule has 20 heavy (non-hydrogen) atoms. The van der Waals surface area contributed by atoms with Gasteiger partial charge in [-0.2, -0.15) is 0 Å². The molecule has 1 amide bonds. The second kappa shape index (κ2) is 7.12. The Morgan fingerprint density at radius 3 is 2.80 bits per heavy atom. The topological polar surface area (TPSA) is 51.2 Å². The molecule has 2 aromatic rings. The minimum absolute atomic E-state index is 0.117. The molecular weight excluding hydrogens is 299 g/mol. The van der Waals surface area contributed by atoms with Crippen LogP contribution in [0.2, 0.25) is 10.0 Å². The van der Waals surface area contributed by atoms with E-state index in [4.69, 9.17) is 27.9 Å². The van der Waals surface area contributed by atoms with Crippen LogP contribution in [0.3, 0.4) is 0 Å². The summed E-state index contributed by atoms with van der Waals surface area (Å²) in [6, 6.07) is 10.3. The van der Waals surface area contributed by atoms with E-state index in [0.29, 0.717) is 22.3 Å². The van der Waals surface area contributed by atoms with E-state index >= 15 is 0 Å². The van der Waals surface area contributed by atoms with Gasteiger partial charge in [-0.3, -0.25) is 9.78 Å². The maximum Gasteiger partial charge on any atom is 0.258 e. The van der Waals surface area contributed by atoms with Crippen LogP contribution in [0.5, 0.6) is 5.75 Å². The summed E-state index contributed by atoms with van der Waals surface area (Å²) in [5.41, 5.74) is 0.783. The van der Waals surface area contributed by atoms with Crippen molar-refractivity contribution < 1.29 is 9.53 Å². The number of halogens is 2. The number of hydrogen-bond donors (Lipinski definition) is 1. The van der Waals surface area contributed by atoms with Gasteiger partial charge in [0.1, 0.15) is 5.75 Å². The van der Waals surface area contributed by atoms with Crippen LogP contribution in [0.4, 0.5) is 0 Å². The lowest BCUT2D eigenvalue weighted by atomic mass is 10.3. The molecule has 4 nitrogen and oxygen atoms in total. The maximum absolute atomic E-state index is 11.6. The largest absolute Gasteiger partial charge is 0.482 e. The first kappa shape index (κ1) is 14.6. The number of hydrogen-bond acceptors (Lipinski definition) is 3. The van der Waals surface area contributed by atoms with E-state index < -0.39 is 0 Å². The van der Waals surface area contributed by atoms with Crippen molar-refractivity contribution in [3.05, 3.63) is 58.3 Å². The number of pyridine rings is 1. The van der Waals surface area contributed by atoms with Gasteiger partial charge in [-0.25, -0.2) is 0 Å². The van der Waals surface area contributed by atoms with Crippen LogP contribution in [0.1, 0.15) is 5.69 Å². The van der Waals surface area contributed by atoms with Crippen LogP contribution in [-0.2, 0) is 11.3 Å². The second-order valence-corrected chi connectivity index (χ2v) is 4.80. The summed E-state index contributed by atoms with van der Waals surface area (Å²) in [6.45, 7) is 0.242. The highest BCUT2D eigenvalue weighted by atomic mass is 35.5. The van der Waals surface area contributed by atoms with E-state index in [0.717, 1.165) is 5.69 Å². The normalized spacial score (nSPS) is 10.1. The van der Waals surface area contributed by atoms with Crippen molar-refractivity contribution in [2.24, 2.45) is 0 Å². The molecule has 0 aliphatic heterocycles. The zero-order chi connectivity index (χ0) is 14.4. The third-order valence-electron chi connectivity index (χ3n) is 2.45. The fourth-order valence-corrected chi connectivity index (χ4v) is 1.94. The Morgan fingerprint density at radius 1 is 1.25 bits per heavy atom. The first-order valence-electron chi connectivity index (χ1n) is 5.89. The first-order chi connectivity index (χ1) is 9.65. The van der Waals surface area contributed by atoms with E-state index in [1.54, 1.807) is 24.4 Å². The number of rotatable bonds is 5. The average molecular weight is 311 g/mol. The van der Waals surface area contributed by atoms with Crippen LogP contribution in [0.15, 0.2) is 42.6 Å². The highest BCUT2D eigenvalue weighted by Gasteiger charge is 2.06. The number of carbonyl (C=O) groups is 1. The van der Waals surface area contributed by atoms with Crippen LogP contribution >= 0.6 is 23.2 Å². The average Bonchev–Trinajstić information content (AvgIpc) is 2.45. The Balaban J connectivity index is 1.80. The van der Waals surface area contributed by atoms with E-state index in [1.807, 2.05) is 18.2 Å². The standard InChI is InChI=1S/C14H12Cl2N2O2/c15-10-4-5-13(12(16)7-10)20-9-14(19)18-8-11-3-1-2-6-17-11/h1-7H,8-9H2,(H,18,19). The monoisotopic (exact) mass is 310 g/mol. The number of benzene rings is 1. The summed E-state index contributed by atoms with van der Waals surface area (Å²) in [4.78, 5) is 15.7. The zero-order valence-electron chi connectivity index (χ0n) is 10.5. The van der Waals surface area contributed by atoms with Gasteiger partial charge in [0.15, 0.2) is 6.61 Å². The van der Waals surface area contributed by atoms with Crippen molar-refractivity contribution in [2.45, 2.75) is 6.54 Å². The molecule has 0 saturated heterocycles. The molecule has 1 heterocycles. The summed E-state index contributed by atoms with van der Waals surface area (Å²) in [5, 5.41) is 3.59. The summed E-state index contributed by atoms with van der Waals surface area (Å²) in [5.74, 6) is 0.172. The van der Waals surface area contributed by atoms with Gasteiger partial charge in [-0.15, -0.1) is 0 Å². The zero-order valence-corrected chi connectivity index (χ0v) is 12.0. The summed E-state index contributed by atoms with van der Waals surface area (Å²) >= 11 is 11.7. The maximum atomic E-state index is 11.6. The minimum Gasteiger partial charge on any atom is -0.482 e. The number of nitrogens with zero attached hydrogens (tertiary/aromatic N) is 1. The molecule has 0 bridgehead atoms. The van der Waals surface area contributed by atoms with Crippen molar-refractivity contribution in [1.82, 2.24) is 10.3 Å². The molecule has 0 atom stereocenters. The Morgan fingerprint density at radius 2 is 2.10 bits per heavy atom. The van der Waals surface area contributed by atoms with Gasteiger partial charge in [-0.05, 0) is 30.3 Å². The number of ether oxygens (including phenoxy) is 1. The van der Waals surface area contributed by atoms with Gasteiger partial charge in [0, 0.05) is 11.2 Å². The molecule has 1 N–H and O–H groups in total.